The maximum absolute atomic E-state index is 6.46. The molecule has 1 aliphatic carbocycles. The molecule has 2 saturated heterocycles. The van der Waals surface area contributed by atoms with Gasteiger partial charge in [-0.2, -0.15) is 0 Å². The van der Waals surface area contributed by atoms with E-state index >= 15 is 0 Å². The Morgan fingerprint density at radius 1 is 1.33 bits per heavy atom. The van der Waals surface area contributed by atoms with Gasteiger partial charge < -0.3 is 9.15 Å². The minimum Gasteiger partial charge on any atom is -0.497 e. The number of furan rings is 1. The zero-order valence-electron chi connectivity index (χ0n) is 15.0. The van der Waals surface area contributed by atoms with Crippen molar-refractivity contribution >= 4 is 11.0 Å². The van der Waals surface area contributed by atoms with Crippen molar-refractivity contribution in [2.45, 2.75) is 51.5 Å². The molecule has 1 aromatic carbocycles. The van der Waals surface area contributed by atoms with Crippen LogP contribution in [0.15, 0.2) is 22.6 Å². The summed E-state index contributed by atoms with van der Waals surface area (Å²) in [5.41, 5.74) is 2.94. The lowest BCUT2D eigenvalue weighted by atomic mass is 9.58. The Bertz CT molecular complexity index is 794. The van der Waals surface area contributed by atoms with E-state index in [-0.39, 0.29) is 0 Å². The number of hydrogen-bond donors (Lipinski definition) is 0. The maximum Gasteiger partial charge on any atom is 0.134 e. The van der Waals surface area contributed by atoms with E-state index in [1.54, 1.807) is 7.11 Å². The number of rotatable bonds is 2. The zero-order valence-corrected chi connectivity index (χ0v) is 15.0. The molecule has 3 aliphatic heterocycles. The van der Waals surface area contributed by atoms with E-state index < -0.39 is 0 Å². The molecule has 0 radical (unpaired) electrons. The van der Waals surface area contributed by atoms with Crippen LogP contribution in [0.1, 0.15) is 50.4 Å². The summed E-state index contributed by atoms with van der Waals surface area (Å²) >= 11 is 0. The molecular formula is C21H27NO2. The summed E-state index contributed by atoms with van der Waals surface area (Å²) < 4.78 is 11.9. The molecule has 3 heteroatoms. The van der Waals surface area contributed by atoms with Gasteiger partial charge in [-0.1, -0.05) is 20.3 Å². The van der Waals surface area contributed by atoms with E-state index in [9.17, 15) is 0 Å². The maximum atomic E-state index is 6.46. The summed E-state index contributed by atoms with van der Waals surface area (Å²) in [6, 6.07) is 6.95. The molecule has 1 aromatic heterocycles. The first-order chi connectivity index (χ1) is 11.6. The van der Waals surface area contributed by atoms with Crippen molar-refractivity contribution in [1.29, 1.82) is 0 Å². The smallest absolute Gasteiger partial charge is 0.134 e. The summed E-state index contributed by atoms with van der Waals surface area (Å²) in [5, 5.41) is 1.27. The zero-order chi connectivity index (χ0) is 16.5. The molecule has 3 nitrogen and oxygen atoms in total. The molecule has 6 rings (SSSR count). The van der Waals surface area contributed by atoms with Gasteiger partial charge in [0.15, 0.2) is 0 Å². The largest absolute Gasteiger partial charge is 0.497 e. The second kappa shape index (κ2) is 5.01. The van der Waals surface area contributed by atoms with Crippen molar-refractivity contribution in [2.24, 2.45) is 11.3 Å². The van der Waals surface area contributed by atoms with Gasteiger partial charge in [-0.25, -0.2) is 0 Å². The van der Waals surface area contributed by atoms with Gasteiger partial charge in [0.05, 0.1) is 7.11 Å². The lowest BCUT2D eigenvalue weighted by Crippen LogP contribution is -2.60. The van der Waals surface area contributed by atoms with Gasteiger partial charge in [0.1, 0.15) is 17.1 Å². The fraction of sp³-hybridized carbons (Fsp3) is 0.619. The van der Waals surface area contributed by atoms with Crippen LogP contribution >= 0.6 is 0 Å². The number of ether oxygens (including phenoxy) is 1. The van der Waals surface area contributed by atoms with Crippen LogP contribution in [-0.2, 0) is 6.42 Å². The minimum atomic E-state index is 0.457. The molecule has 128 valence electrons. The van der Waals surface area contributed by atoms with Crippen molar-refractivity contribution < 1.29 is 9.15 Å². The summed E-state index contributed by atoms with van der Waals surface area (Å²) in [6.45, 7) is 7.32. The highest BCUT2D eigenvalue weighted by molar-refractivity contribution is 5.84. The molecule has 0 N–H and O–H groups in total. The Labute approximate surface area is 144 Å². The van der Waals surface area contributed by atoms with Crippen molar-refractivity contribution in [3.63, 3.8) is 0 Å². The van der Waals surface area contributed by atoms with E-state index in [0.29, 0.717) is 17.4 Å². The van der Waals surface area contributed by atoms with E-state index in [2.05, 4.69) is 30.9 Å². The molecule has 4 aliphatic rings. The van der Waals surface area contributed by atoms with Gasteiger partial charge in [0, 0.05) is 36.0 Å². The van der Waals surface area contributed by atoms with Crippen LogP contribution in [0.4, 0.5) is 0 Å². The fourth-order valence-corrected chi connectivity index (χ4v) is 6.04. The molecule has 5 atom stereocenters. The summed E-state index contributed by atoms with van der Waals surface area (Å²) in [5.74, 6) is 3.60. The van der Waals surface area contributed by atoms with Gasteiger partial charge in [-0.15, -0.1) is 0 Å². The third-order valence-corrected chi connectivity index (χ3v) is 6.91. The normalized spacial score (nSPS) is 37.3. The molecular weight excluding hydrogens is 298 g/mol. The van der Waals surface area contributed by atoms with Gasteiger partial charge in [-0.05, 0) is 48.8 Å². The van der Waals surface area contributed by atoms with Gasteiger partial charge in [0.2, 0.25) is 0 Å². The highest BCUT2D eigenvalue weighted by Crippen LogP contribution is 2.56. The SMILES string of the molecule is CCC1CC2(C)CC3c4oc5ccc(OC)cc5c4CCN(C2)C13. The lowest BCUT2D eigenvalue weighted by Gasteiger charge is -2.58. The Kier molecular flexibility index (Phi) is 3.10. The molecule has 4 bridgehead atoms. The van der Waals surface area contributed by atoms with Crippen molar-refractivity contribution in [3.05, 3.63) is 29.5 Å². The second-order valence-corrected chi connectivity index (χ2v) is 8.51. The fourth-order valence-electron chi connectivity index (χ4n) is 6.04. The average Bonchev–Trinajstić information content (AvgIpc) is 2.91. The molecule has 0 amide bonds. The van der Waals surface area contributed by atoms with E-state index in [0.717, 1.165) is 23.7 Å². The number of fused-ring (bicyclic) bond motifs is 4. The Morgan fingerprint density at radius 2 is 2.21 bits per heavy atom. The third-order valence-electron chi connectivity index (χ3n) is 6.91. The van der Waals surface area contributed by atoms with Crippen molar-refractivity contribution in [3.8, 4) is 5.75 Å². The molecule has 24 heavy (non-hydrogen) atoms. The van der Waals surface area contributed by atoms with E-state index in [1.807, 2.05) is 6.07 Å². The predicted octanol–water partition coefficient (Wildman–Crippen LogP) is 4.59. The monoisotopic (exact) mass is 325 g/mol. The first kappa shape index (κ1) is 14.8. The molecule has 1 saturated carbocycles. The molecule has 3 fully saturated rings. The van der Waals surface area contributed by atoms with Crippen LogP contribution in [0.25, 0.3) is 11.0 Å². The van der Waals surface area contributed by atoms with Crippen molar-refractivity contribution in [2.75, 3.05) is 20.2 Å². The topological polar surface area (TPSA) is 25.6 Å². The lowest BCUT2D eigenvalue weighted by molar-refractivity contribution is -0.0673. The summed E-state index contributed by atoms with van der Waals surface area (Å²) in [6.07, 6.45) is 5.07. The second-order valence-electron chi connectivity index (χ2n) is 8.51. The number of piperidine rings is 2. The summed E-state index contributed by atoms with van der Waals surface area (Å²) in [7, 11) is 1.74. The summed E-state index contributed by atoms with van der Waals surface area (Å²) in [4.78, 5) is 2.79. The molecule has 2 aromatic rings. The van der Waals surface area contributed by atoms with Gasteiger partial charge in [-0.3, -0.25) is 4.90 Å². The van der Waals surface area contributed by atoms with Crippen LogP contribution in [0.5, 0.6) is 5.75 Å². The molecule has 4 heterocycles. The van der Waals surface area contributed by atoms with Crippen LogP contribution in [0.2, 0.25) is 0 Å². The Hall–Kier alpha value is -1.48. The minimum absolute atomic E-state index is 0.457. The molecule has 5 unspecified atom stereocenters. The average molecular weight is 325 g/mol. The third kappa shape index (κ3) is 1.94. The number of nitrogens with zero attached hydrogens (tertiary/aromatic N) is 1. The number of benzene rings is 1. The highest BCUT2D eigenvalue weighted by Gasteiger charge is 2.54. The van der Waals surface area contributed by atoms with Crippen LogP contribution in [-0.4, -0.2) is 31.1 Å². The van der Waals surface area contributed by atoms with Crippen LogP contribution in [0.3, 0.4) is 0 Å². The quantitative estimate of drug-likeness (QED) is 0.807. The van der Waals surface area contributed by atoms with Crippen LogP contribution in [0, 0.1) is 11.3 Å². The Morgan fingerprint density at radius 3 is 3.00 bits per heavy atom. The van der Waals surface area contributed by atoms with Crippen LogP contribution < -0.4 is 4.74 Å². The highest BCUT2D eigenvalue weighted by atomic mass is 16.5. The van der Waals surface area contributed by atoms with E-state index in [4.69, 9.17) is 9.15 Å². The van der Waals surface area contributed by atoms with Crippen molar-refractivity contribution in [1.82, 2.24) is 4.90 Å². The van der Waals surface area contributed by atoms with Gasteiger partial charge in [0.25, 0.3) is 0 Å². The first-order valence-corrected chi connectivity index (χ1v) is 9.45. The molecule has 0 spiro atoms. The first-order valence-electron chi connectivity index (χ1n) is 9.45. The predicted molar refractivity (Wildman–Crippen MR) is 95.7 cm³/mol. The Balaban J connectivity index is 1.68. The number of hydrogen-bond acceptors (Lipinski definition) is 3. The van der Waals surface area contributed by atoms with Gasteiger partial charge >= 0.3 is 0 Å². The standard InChI is InChI=1S/C21H27NO2/c1-4-13-10-21(2)11-17-19(13)22(12-21)8-7-15-16-9-14(23-3)5-6-18(16)24-20(15)17/h5-6,9,13,17,19H,4,7-8,10-12H2,1-3H3. The number of methoxy groups -OCH3 is 1. The van der Waals surface area contributed by atoms with E-state index in [1.165, 1.54) is 49.1 Å².